The van der Waals surface area contributed by atoms with Gasteiger partial charge in [-0.1, -0.05) is 12.1 Å². The topological polar surface area (TPSA) is 39.7 Å². The van der Waals surface area contributed by atoms with Crippen molar-refractivity contribution >= 4 is 0 Å². The van der Waals surface area contributed by atoms with Crippen LogP contribution < -0.4 is 10.1 Å². The van der Waals surface area contributed by atoms with Gasteiger partial charge in [-0.25, -0.2) is 0 Å². The van der Waals surface area contributed by atoms with Gasteiger partial charge in [0, 0.05) is 0 Å². The lowest BCUT2D eigenvalue weighted by atomic mass is 9.99. The van der Waals surface area contributed by atoms with Crippen LogP contribution >= 0.6 is 0 Å². The Hall–Kier alpha value is -1.10. The fraction of sp³-hybridized carbons (Fsp3) is 0.571. The lowest BCUT2D eigenvalue weighted by Gasteiger charge is -2.30. The average Bonchev–Trinajstić information content (AvgIpc) is 2.41. The second-order valence-corrected chi connectivity index (χ2v) is 4.48. The first kappa shape index (κ1) is 13.3. The van der Waals surface area contributed by atoms with Gasteiger partial charge in [0.2, 0.25) is 0 Å². The minimum absolute atomic E-state index is 0.0662. The van der Waals surface area contributed by atoms with Crippen LogP contribution in [-0.2, 0) is 9.47 Å². The molecule has 1 aliphatic rings. The molecule has 0 aliphatic carbocycles. The van der Waals surface area contributed by atoms with E-state index in [1.54, 1.807) is 7.11 Å². The number of methoxy groups -OCH3 is 1. The summed E-state index contributed by atoms with van der Waals surface area (Å²) in [6, 6.07) is 6.36. The fourth-order valence-corrected chi connectivity index (χ4v) is 2.36. The molecule has 1 N–H and O–H groups in total. The van der Waals surface area contributed by atoms with Crippen molar-refractivity contribution in [2.24, 2.45) is 0 Å². The van der Waals surface area contributed by atoms with Crippen molar-refractivity contribution in [1.29, 1.82) is 0 Å². The Morgan fingerprint density at radius 2 is 2.22 bits per heavy atom. The van der Waals surface area contributed by atoms with Gasteiger partial charge >= 0.3 is 0 Å². The second kappa shape index (κ2) is 6.18. The summed E-state index contributed by atoms with van der Waals surface area (Å²) >= 11 is 0. The molecule has 4 heteroatoms. The predicted octanol–water partition coefficient (Wildman–Crippen LogP) is 1.68. The van der Waals surface area contributed by atoms with E-state index < -0.39 is 0 Å². The summed E-state index contributed by atoms with van der Waals surface area (Å²) in [6.45, 7) is 4.04. The molecule has 1 aromatic carbocycles. The summed E-state index contributed by atoms with van der Waals surface area (Å²) < 4.78 is 16.5. The first-order valence-electron chi connectivity index (χ1n) is 6.27. The summed E-state index contributed by atoms with van der Waals surface area (Å²) in [5.74, 6) is 0.911. The highest BCUT2D eigenvalue weighted by molar-refractivity contribution is 5.37. The van der Waals surface area contributed by atoms with Crippen LogP contribution in [0, 0.1) is 6.92 Å². The first-order valence-corrected chi connectivity index (χ1v) is 6.27. The Kier molecular flexibility index (Phi) is 4.58. The maximum absolute atomic E-state index is 5.76. The van der Waals surface area contributed by atoms with Gasteiger partial charge in [-0.15, -0.1) is 0 Å². The van der Waals surface area contributed by atoms with Crippen LogP contribution in [0.4, 0.5) is 0 Å². The largest absolute Gasteiger partial charge is 0.496 e. The van der Waals surface area contributed by atoms with Gasteiger partial charge < -0.3 is 19.5 Å². The fourth-order valence-electron chi connectivity index (χ4n) is 2.36. The van der Waals surface area contributed by atoms with Gasteiger partial charge in [0.1, 0.15) is 11.9 Å². The molecule has 4 nitrogen and oxygen atoms in total. The van der Waals surface area contributed by atoms with Crippen molar-refractivity contribution < 1.29 is 14.2 Å². The molecule has 1 fully saturated rings. The van der Waals surface area contributed by atoms with E-state index >= 15 is 0 Å². The van der Waals surface area contributed by atoms with E-state index in [1.807, 2.05) is 20.0 Å². The maximum Gasteiger partial charge on any atom is 0.121 e. The molecule has 0 saturated carbocycles. The Labute approximate surface area is 108 Å². The Balaban J connectivity index is 2.18. The summed E-state index contributed by atoms with van der Waals surface area (Å²) in [6.07, 6.45) is 0.0662. The third-order valence-corrected chi connectivity index (χ3v) is 3.30. The Morgan fingerprint density at radius 1 is 1.39 bits per heavy atom. The SMILES string of the molecule is CNC(c1ccc(OC)c(C)c1)C1COCCO1. The highest BCUT2D eigenvalue weighted by Crippen LogP contribution is 2.26. The lowest BCUT2D eigenvalue weighted by Crippen LogP contribution is -2.39. The van der Waals surface area contributed by atoms with E-state index in [2.05, 4.69) is 17.4 Å². The summed E-state index contributed by atoms with van der Waals surface area (Å²) in [4.78, 5) is 0. The van der Waals surface area contributed by atoms with Gasteiger partial charge in [0.15, 0.2) is 0 Å². The maximum atomic E-state index is 5.76. The highest BCUT2D eigenvalue weighted by Gasteiger charge is 2.25. The molecule has 0 bridgehead atoms. The minimum atomic E-state index is 0.0662. The van der Waals surface area contributed by atoms with Crippen molar-refractivity contribution in [3.8, 4) is 5.75 Å². The van der Waals surface area contributed by atoms with Gasteiger partial charge in [0.05, 0.1) is 33.0 Å². The predicted molar refractivity (Wildman–Crippen MR) is 70.1 cm³/mol. The lowest BCUT2D eigenvalue weighted by molar-refractivity contribution is -0.101. The number of ether oxygens (including phenoxy) is 3. The zero-order valence-corrected chi connectivity index (χ0v) is 11.2. The molecule has 100 valence electrons. The van der Waals surface area contributed by atoms with Crippen molar-refractivity contribution in [2.45, 2.75) is 19.1 Å². The molecule has 0 amide bonds. The molecule has 1 aliphatic heterocycles. The molecular weight excluding hydrogens is 230 g/mol. The average molecular weight is 251 g/mol. The Bertz CT molecular complexity index is 389. The van der Waals surface area contributed by atoms with E-state index in [4.69, 9.17) is 14.2 Å². The number of likely N-dealkylation sites (N-methyl/N-ethyl adjacent to an activating group) is 1. The number of hydrogen-bond donors (Lipinski definition) is 1. The molecule has 18 heavy (non-hydrogen) atoms. The molecule has 0 aromatic heterocycles. The van der Waals surface area contributed by atoms with Crippen LogP contribution in [0.1, 0.15) is 17.2 Å². The zero-order valence-electron chi connectivity index (χ0n) is 11.2. The van der Waals surface area contributed by atoms with E-state index in [9.17, 15) is 0 Å². The van der Waals surface area contributed by atoms with Crippen LogP contribution in [-0.4, -0.2) is 40.1 Å². The zero-order chi connectivity index (χ0) is 13.0. The van der Waals surface area contributed by atoms with Crippen molar-refractivity contribution in [2.75, 3.05) is 34.0 Å². The Morgan fingerprint density at radius 3 is 2.78 bits per heavy atom. The van der Waals surface area contributed by atoms with Crippen LogP contribution in [0.25, 0.3) is 0 Å². The smallest absolute Gasteiger partial charge is 0.121 e. The van der Waals surface area contributed by atoms with Crippen molar-refractivity contribution in [3.05, 3.63) is 29.3 Å². The summed E-state index contributed by atoms with van der Waals surface area (Å²) in [5, 5.41) is 3.31. The molecule has 2 atom stereocenters. The summed E-state index contributed by atoms with van der Waals surface area (Å²) in [5.41, 5.74) is 2.33. The van der Waals surface area contributed by atoms with E-state index in [-0.39, 0.29) is 12.1 Å². The van der Waals surface area contributed by atoms with Crippen LogP contribution in [0.15, 0.2) is 18.2 Å². The number of benzene rings is 1. The van der Waals surface area contributed by atoms with Crippen molar-refractivity contribution in [1.82, 2.24) is 5.32 Å². The molecule has 2 rings (SSSR count). The quantitative estimate of drug-likeness (QED) is 0.884. The molecule has 1 aromatic rings. The van der Waals surface area contributed by atoms with Crippen LogP contribution in [0.3, 0.4) is 0 Å². The first-order chi connectivity index (χ1) is 8.76. The molecule has 0 spiro atoms. The highest BCUT2D eigenvalue weighted by atomic mass is 16.6. The molecule has 2 unspecified atom stereocenters. The monoisotopic (exact) mass is 251 g/mol. The second-order valence-electron chi connectivity index (χ2n) is 4.48. The standard InChI is InChI=1S/C14H21NO3/c1-10-8-11(4-5-12(10)16-3)14(15-2)13-9-17-6-7-18-13/h4-5,8,13-15H,6-7,9H2,1-3H3. The van der Waals surface area contributed by atoms with E-state index in [0.29, 0.717) is 19.8 Å². The van der Waals surface area contributed by atoms with Gasteiger partial charge in [0.25, 0.3) is 0 Å². The molecule has 1 saturated heterocycles. The summed E-state index contributed by atoms with van der Waals surface area (Å²) in [7, 11) is 3.64. The number of aryl methyl sites for hydroxylation is 1. The molecule has 1 heterocycles. The van der Waals surface area contributed by atoms with Crippen LogP contribution in [0.2, 0.25) is 0 Å². The number of rotatable bonds is 4. The molecular formula is C14H21NO3. The van der Waals surface area contributed by atoms with Gasteiger partial charge in [-0.3, -0.25) is 0 Å². The number of nitrogens with one attached hydrogen (secondary N) is 1. The minimum Gasteiger partial charge on any atom is -0.496 e. The molecule has 0 radical (unpaired) electrons. The normalized spacial score (nSPS) is 21.6. The van der Waals surface area contributed by atoms with E-state index in [1.165, 1.54) is 5.56 Å². The van der Waals surface area contributed by atoms with E-state index in [0.717, 1.165) is 11.3 Å². The third-order valence-electron chi connectivity index (χ3n) is 3.30. The van der Waals surface area contributed by atoms with Gasteiger partial charge in [-0.05, 0) is 31.2 Å². The number of hydrogen-bond acceptors (Lipinski definition) is 4. The third kappa shape index (κ3) is 2.83. The van der Waals surface area contributed by atoms with Crippen LogP contribution in [0.5, 0.6) is 5.75 Å². The van der Waals surface area contributed by atoms with Gasteiger partial charge in [-0.2, -0.15) is 0 Å². The van der Waals surface area contributed by atoms with Crippen molar-refractivity contribution in [3.63, 3.8) is 0 Å².